The third-order valence-electron chi connectivity index (χ3n) is 15.0. The summed E-state index contributed by atoms with van der Waals surface area (Å²) >= 11 is 0. The minimum absolute atomic E-state index is 0.0826. The summed E-state index contributed by atoms with van der Waals surface area (Å²) in [6, 6.07) is 14.1. The molecule has 0 spiro atoms. The quantitative estimate of drug-likeness (QED) is 0.0283. The predicted molar refractivity (Wildman–Crippen MR) is 335 cm³/mol. The Morgan fingerprint density at radius 3 is 1.52 bits per heavy atom. The van der Waals surface area contributed by atoms with Crippen molar-refractivity contribution in [3.63, 3.8) is 0 Å². The lowest BCUT2D eigenvalue weighted by molar-refractivity contribution is 0.0378. The van der Waals surface area contributed by atoms with Crippen LogP contribution in [0.5, 0.6) is 17.6 Å². The van der Waals surface area contributed by atoms with Crippen LogP contribution in [0, 0.1) is 0 Å². The van der Waals surface area contributed by atoms with E-state index in [4.69, 9.17) is 32.2 Å². The molecule has 476 valence electrons. The number of aromatic nitrogens is 12. The molecule has 91 heavy (non-hydrogen) atoms. The molecule has 14 rings (SSSR count). The molecule has 2 amide bonds. The number of alkyl halides is 3. The zero-order valence-electron chi connectivity index (χ0n) is 55.3. The minimum atomic E-state index is -2.51. The van der Waals surface area contributed by atoms with E-state index in [9.17, 15) is 22.8 Å². The van der Waals surface area contributed by atoms with E-state index in [1.807, 2.05) is 18.2 Å². The summed E-state index contributed by atoms with van der Waals surface area (Å²) in [7, 11) is 3.04. The van der Waals surface area contributed by atoms with Crippen molar-refractivity contribution in [3.8, 4) is 17.6 Å². The number of nitrogens with zero attached hydrogens (tertiary/aromatic N) is 13. The van der Waals surface area contributed by atoms with E-state index < -0.39 is 56.4 Å². The molecule has 9 aromatic rings. The molecule has 1 saturated heterocycles. The number of rotatable bonds is 24. The molecule has 31 heteroatoms. The molecule has 28 nitrogen and oxygen atoms in total. The monoisotopic (exact) mass is 1260 g/mol. The van der Waals surface area contributed by atoms with Crippen LogP contribution in [0.4, 0.5) is 65.1 Å². The molecule has 0 radical (unpaired) electrons. The second-order valence-electron chi connectivity index (χ2n) is 21.8. The number of carbonyl (C=O) groups is 2. The molecular weight excluding hydrogens is 1180 g/mol. The van der Waals surface area contributed by atoms with E-state index in [0.717, 1.165) is 70.0 Å². The molecule has 6 atom stereocenters. The molecule has 9 N–H and O–H groups in total. The first kappa shape index (κ1) is 53.7. The Labute approximate surface area is 528 Å². The average molecular weight is 1260 g/mol. The lowest BCUT2D eigenvalue weighted by atomic mass is 10.2. The second-order valence-corrected chi connectivity index (χ2v) is 21.8. The number of hydrogen-bond acceptors (Lipinski definition) is 23. The molecule has 5 aliphatic rings. The van der Waals surface area contributed by atoms with Gasteiger partial charge >= 0.3 is 0 Å². The summed E-state index contributed by atoms with van der Waals surface area (Å²) in [6.07, 6.45) is 10.2. The fraction of sp³-hybridized carbons (Fsp3) is 0.383. The molecule has 0 unspecified atom stereocenters. The van der Waals surface area contributed by atoms with Crippen LogP contribution in [0.1, 0.15) is 73.0 Å². The molecule has 5 fully saturated rings. The number of amides is 2. The zero-order chi connectivity index (χ0) is 68.1. The smallest absolute Gasteiger partial charge is 0.257 e. The summed E-state index contributed by atoms with van der Waals surface area (Å²) in [6.45, 7) is 4.38. The zero-order valence-corrected chi connectivity index (χ0v) is 49.3. The van der Waals surface area contributed by atoms with Gasteiger partial charge in [-0.15, -0.1) is 0 Å². The van der Waals surface area contributed by atoms with Gasteiger partial charge in [0.25, 0.3) is 11.8 Å². The van der Waals surface area contributed by atoms with Crippen molar-refractivity contribution >= 4 is 86.4 Å². The van der Waals surface area contributed by atoms with Gasteiger partial charge in [-0.25, -0.2) is 43.1 Å². The van der Waals surface area contributed by atoms with Crippen molar-refractivity contribution in [2.24, 2.45) is 0 Å². The Morgan fingerprint density at radius 1 is 0.626 bits per heavy atom. The van der Waals surface area contributed by atoms with Gasteiger partial charge < -0.3 is 66.8 Å². The maximum absolute atomic E-state index is 13.5. The maximum Gasteiger partial charge on any atom is 0.257 e. The number of methoxy groups -OCH3 is 2. The first-order valence-corrected chi connectivity index (χ1v) is 29.3. The van der Waals surface area contributed by atoms with Gasteiger partial charge in [-0.05, 0) is 62.2 Å². The molecule has 4 aliphatic carbocycles. The van der Waals surface area contributed by atoms with E-state index in [1.165, 1.54) is 40.7 Å². The van der Waals surface area contributed by atoms with E-state index in [-0.39, 0.29) is 70.7 Å². The fourth-order valence-corrected chi connectivity index (χ4v) is 9.63. The van der Waals surface area contributed by atoms with Gasteiger partial charge in [0, 0.05) is 104 Å². The van der Waals surface area contributed by atoms with Crippen molar-refractivity contribution in [3.05, 3.63) is 115 Å². The number of pyridine rings is 3. The lowest BCUT2D eigenvalue weighted by Gasteiger charge is -2.26. The average Bonchev–Trinajstić information content (AvgIpc) is 1.65. The first-order valence-electron chi connectivity index (χ1n) is 32.3. The number of anilines is 9. The van der Waals surface area contributed by atoms with Gasteiger partial charge in [-0.1, -0.05) is 6.58 Å². The third-order valence-corrected chi connectivity index (χ3v) is 15.0. The SMILES string of the molecule is C=C(N[C@H]1C[C@H]1F)c1cnn2c(NCCCN3CCOCC3)cc(Nc3cccnc3OC)nc12.[2H]C([2H])([2H])Nc1cc(Nc2cccnc2OC)nc2c(C(=O)N[C@H]3C[C@H]3F)cnn12.[2H]C([2H])([2H])Nc1cc(Nc2cccnc2OC2CC2)nc2c(C(=O)N[C@H]3C[C@H]3F)cnn12. The number of hydrogen-bond donors (Lipinski definition) is 9. The van der Waals surface area contributed by atoms with Gasteiger partial charge in [-0.3, -0.25) is 14.5 Å². The van der Waals surface area contributed by atoms with E-state index >= 15 is 0 Å². The molecule has 1 aliphatic heterocycles. The number of nitrogens with one attached hydrogen (secondary N) is 9. The van der Waals surface area contributed by atoms with Crippen molar-refractivity contribution in [1.29, 1.82) is 0 Å². The lowest BCUT2D eigenvalue weighted by Crippen LogP contribution is -2.37. The maximum atomic E-state index is 13.5. The predicted octanol–water partition coefficient (Wildman–Crippen LogP) is 6.73. The topological polar surface area (TPSA) is 312 Å². The standard InChI is InChI=1S/C24H31FN8O2.C19H20FN7O2.C17H18FN7O2/c1-16(29-20-13-18(20)25)17-15-28-33-22(26-7-4-8-32-9-11-35-12-10-32)14-21(31-23(17)33)30-19-5-3-6-27-24(19)34-2;1-21-16-8-15(24-13-3-2-6-22-19(13)29-10-4-5-10)26-17-11(9-23-27(16)17)18(28)25-14-7-12(14)20;1-19-14-7-13(22-11-4-3-5-20-17(11)27-2)24-15-9(8-21-25(14)15)16(26)23-12-6-10(12)18/h3,5-6,14-15,18,20,26,29H,1,4,7-13H2,2H3,(H,30,31);2-3,6,8-10,12,14,21H,4-5,7H2,1H3,(H,24,26)(H,25,28);3-5,7-8,10,12,19H,6H2,1-2H3,(H,22,24)(H,23,26)/t18-,20+;12-,14+;10-,12+/m111/s1/i;2*1D3. The fourth-order valence-electron chi connectivity index (χ4n) is 9.63. The molecule has 9 aromatic heterocycles. The van der Waals surface area contributed by atoms with Crippen LogP contribution in [0.15, 0.2) is 98.4 Å². The molecular formula is C60H69F3N22O6. The van der Waals surface area contributed by atoms with Crippen molar-refractivity contribution in [2.75, 3.05) is 99.5 Å². The van der Waals surface area contributed by atoms with Crippen LogP contribution in [0.2, 0.25) is 0 Å². The number of carbonyl (C=O) groups excluding carboxylic acids is 2. The van der Waals surface area contributed by atoms with Crippen LogP contribution in [0.25, 0.3) is 22.6 Å². The highest BCUT2D eigenvalue weighted by Gasteiger charge is 2.41. The van der Waals surface area contributed by atoms with Crippen molar-refractivity contribution < 1.29 is 49.9 Å². The second kappa shape index (κ2) is 27.2. The van der Waals surface area contributed by atoms with Crippen LogP contribution in [-0.4, -0.2) is 186 Å². The number of ether oxygens (including phenoxy) is 4. The van der Waals surface area contributed by atoms with E-state index in [0.29, 0.717) is 58.3 Å². The van der Waals surface area contributed by atoms with Crippen molar-refractivity contribution in [2.45, 2.75) is 81.3 Å². The summed E-state index contributed by atoms with van der Waals surface area (Å²) in [5.74, 6) is 2.14. The first-order chi connectivity index (χ1) is 46.6. The Bertz CT molecular complexity index is 4330. The van der Waals surface area contributed by atoms with Gasteiger partial charge in [0.05, 0.1) is 69.7 Å². The van der Waals surface area contributed by atoms with Crippen LogP contribution >= 0.6 is 0 Å². The summed E-state index contributed by atoms with van der Waals surface area (Å²) in [5.41, 5.74) is 4.07. The van der Waals surface area contributed by atoms with Gasteiger partial charge in [0.1, 0.15) is 87.7 Å². The molecule has 10 heterocycles. The Kier molecular flexibility index (Phi) is 16.1. The van der Waals surface area contributed by atoms with Crippen LogP contribution in [-0.2, 0) is 4.74 Å². The van der Waals surface area contributed by atoms with Gasteiger partial charge in [-0.2, -0.15) is 28.8 Å². The summed E-state index contributed by atoms with van der Waals surface area (Å²) in [4.78, 5) is 53.8. The van der Waals surface area contributed by atoms with Crippen LogP contribution in [0.3, 0.4) is 0 Å². The number of fused-ring (bicyclic) bond motifs is 3. The molecule has 0 aromatic carbocycles. The normalized spacial score (nSPS) is 20.8. The van der Waals surface area contributed by atoms with Crippen molar-refractivity contribution in [1.82, 2.24) is 79.6 Å². The van der Waals surface area contributed by atoms with E-state index in [2.05, 4.69) is 99.5 Å². The van der Waals surface area contributed by atoms with E-state index in [1.54, 1.807) is 60.7 Å². The minimum Gasteiger partial charge on any atom is -0.480 e. The molecule has 4 saturated carbocycles. The molecule has 0 bridgehead atoms. The summed E-state index contributed by atoms with van der Waals surface area (Å²) < 4.78 is 111. The highest BCUT2D eigenvalue weighted by atomic mass is 19.1. The van der Waals surface area contributed by atoms with Gasteiger partial charge in [0.15, 0.2) is 16.9 Å². The largest absolute Gasteiger partial charge is 0.480 e. The Hall–Kier alpha value is -10.3. The van der Waals surface area contributed by atoms with Gasteiger partial charge in [0.2, 0.25) is 17.6 Å². The van der Waals surface area contributed by atoms with Crippen LogP contribution < -0.4 is 62.1 Å². The third kappa shape index (κ3) is 14.6. The highest BCUT2D eigenvalue weighted by Crippen LogP contribution is 2.35. The Balaban J connectivity index is 0.000000139. The highest BCUT2D eigenvalue weighted by molar-refractivity contribution is 6.01. The number of halogens is 3. The number of morpholine rings is 1. The summed E-state index contributed by atoms with van der Waals surface area (Å²) in [5, 5.41) is 38.7. The Morgan fingerprint density at radius 2 is 1.05 bits per heavy atom.